The third kappa shape index (κ3) is 4.42. The third-order valence-corrected chi connectivity index (χ3v) is 7.49. The van der Waals surface area contributed by atoms with Crippen molar-refractivity contribution in [2.45, 2.75) is 29.9 Å². The van der Waals surface area contributed by atoms with Crippen molar-refractivity contribution in [3.8, 4) is 0 Å². The van der Waals surface area contributed by atoms with Gasteiger partial charge in [-0.25, -0.2) is 0 Å². The Bertz CT molecular complexity index is 844. The van der Waals surface area contributed by atoms with Crippen LogP contribution in [0.2, 0.25) is 0 Å². The van der Waals surface area contributed by atoms with Crippen LogP contribution in [0.25, 0.3) is 5.57 Å². The summed E-state index contributed by atoms with van der Waals surface area (Å²) >= 11 is 4.41. The minimum absolute atomic E-state index is 0.0253. The normalized spacial score (nSPS) is 21.3. The summed E-state index contributed by atoms with van der Waals surface area (Å²) in [6, 6.07) is 8.77. The summed E-state index contributed by atoms with van der Waals surface area (Å²) in [6.07, 6.45) is 13.9. The van der Waals surface area contributed by atoms with Gasteiger partial charge in [0.2, 0.25) is 0 Å². The lowest BCUT2D eigenvalue weighted by atomic mass is 9.91. The highest BCUT2D eigenvalue weighted by atomic mass is 32.1. The Hall–Kier alpha value is -1.70. The molecule has 2 N–H and O–H groups in total. The molecule has 1 aromatic carbocycles. The summed E-state index contributed by atoms with van der Waals surface area (Å²) in [4.78, 5) is 3.29. The van der Waals surface area contributed by atoms with Crippen molar-refractivity contribution >= 4 is 26.1 Å². The number of likely N-dealkylation sites (N-methyl/N-ethyl adjacent to an activating group) is 1. The molecule has 2 aliphatic rings. The topological polar surface area (TPSA) is 29.3 Å². The summed E-state index contributed by atoms with van der Waals surface area (Å²) in [7, 11) is 2.12. The molecule has 0 spiro atoms. The van der Waals surface area contributed by atoms with Crippen molar-refractivity contribution in [3.63, 3.8) is 0 Å². The minimum atomic E-state index is -0.0253. The maximum Gasteiger partial charge on any atom is 0.0696 e. The number of rotatable bonds is 5. The second-order valence-corrected chi connectivity index (χ2v) is 10.7. The van der Waals surface area contributed by atoms with Gasteiger partial charge in [-0.05, 0) is 83.8 Å². The zero-order valence-corrected chi connectivity index (χ0v) is 18.3. The monoisotopic (exact) mass is 396 g/mol. The average Bonchev–Trinajstić information content (AvgIpc) is 3.08. The molecule has 2 nitrogen and oxygen atoms in total. The molecule has 0 amide bonds. The smallest absolute Gasteiger partial charge is 0.0696 e. The van der Waals surface area contributed by atoms with E-state index in [-0.39, 0.29) is 7.92 Å². The first-order valence-electron chi connectivity index (χ1n) is 9.31. The van der Waals surface area contributed by atoms with Crippen molar-refractivity contribution in [1.82, 2.24) is 4.90 Å². The molecule has 0 saturated heterocycles. The van der Waals surface area contributed by atoms with Gasteiger partial charge in [-0.2, -0.15) is 0 Å². The lowest BCUT2D eigenvalue weighted by Crippen LogP contribution is -2.28. The van der Waals surface area contributed by atoms with Gasteiger partial charge in [0.25, 0.3) is 0 Å². The highest BCUT2D eigenvalue weighted by molar-refractivity contribution is 7.80. The van der Waals surface area contributed by atoms with Gasteiger partial charge < -0.3 is 10.6 Å². The molecule has 1 aromatic rings. The van der Waals surface area contributed by atoms with E-state index in [0.29, 0.717) is 11.7 Å². The van der Waals surface area contributed by atoms with E-state index < -0.39 is 0 Å². The van der Waals surface area contributed by atoms with Gasteiger partial charge in [-0.3, -0.25) is 0 Å². The molecule has 3 rings (SSSR count). The molecule has 0 radical (unpaired) electrons. The van der Waals surface area contributed by atoms with E-state index in [0.717, 1.165) is 11.3 Å². The molecule has 27 heavy (non-hydrogen) atoms. The third-order valence-electron chi connectivity index (χ3n) is 5.42. The molecule has 0 bridgehead atoms. The Morgan fingerprint density at radius 3 is 2.63 bits per heavy atom. The maximum atomic E-state index is 5.79. The van der Waals surface area contributed by atoms with E-state index in [1.54, 1.807) is 6.20 Å². The lowest BCUT2D eigenvalue weighted by Gasteiger charge is -2.29. The summed E-state index contributed by atoms with van der Waals surface area (Å²) in [5.41, 5.74) is 13.0. The van der Waals surface area contributed by atoms with Gasteiger partial charge in [0, 0.05) is 18.1 Å². The Balaban J connectivity index is 2.01. The van der Waals surface area contributed by atoms with Crippen LogP contribution in [0, 0.1) is 0 Å². The molecule has 142 valence electrons. The molecular weight excluding hydrogens is 367 g/mol. The zero-order valence-electron chi connectivity index (χ0n) is 16.6. The van der Waals surface area contributed by atoms with Gasteiger partial charge in [0.05, 0.1) is 6.04 Å². The Labute approximate surface area is 170 Å². The standard InChI is InChI=1S/C23H29N2PS/c1-16(26(3)4)13-18(9-11-24)21-10-12-25(2)23-15-19(14-22(21)23)17-5-7-20(27)8-6-17/h5-13,15-16,23,27H,14,24H2,1-4H3/b11-9-,18-13+. The molecule has 1 aliphatic heterocycles. The second-order valence-electron chi connectivity index (χ2n) is 7.47. The first-order valence-corrected chi connectivity index (χ1v) is 12.1. The summed E-state index contributed by atoms with van der Waals surface area (Å²) in [6.45, 7) is 6.95. The molecule has 1 aliphatic carbocycles. The molecule has 0 fully saturated rings. The molecule has 4 heteroatoms. The maximum absolute atomic E-state index is 5.79. The number of fused-ring (bicyclic) bond motifs is 1. The number of nitrogens with zero attached hydrogens (tertiary/aromatic N) is 1. The molecule has 0 saturated carbocycles. The predicted molar refractivity (Wildman–Crippen MR) is 124 cm³/mol. The summed E-state index contributed by atoms with van der Waals surface area (Å²) in [5.74, 6) is 0. The predicted octanol–water partition coefficient (Wildman–Crippen LogP) is 5.42. The van der Waals surface area contributed by atoms with Crippen LogP contribution in [-0.2, 0) is 0 Å². The fourth-order valence-corrected chi connectivity index (χ4v) is 4.18. The zero-order chi connectivity index (χ0) is 19.6. The lowest BCUT2D eigenvalue weighted by molar-refractivity contribution is 0.420. The van der Waals surface area contributed by atoms with Crippen LogP contribution in [0.5, 0.6) is 0 Å². The van der Waals surface area contributed by atoms with Crippen molar-refractivity contribution in [1.29, 1.82) is 0 Å². The van der Waals surface area contributed by atoms with E-state index >= 15 is 0 Å². The number of hydrogen-bond donors (Lipinski definition) is 2. The van der Waals surface area contributed by atoms with Crippen molar-refractivity contribution in [2.75, 3.05) is 20.4 Å². The molecule has 0 aromatic heterocycles. The van der Waals surface area contributed by atoms with Crippen LogP contribution < -0.4 is 5.73 Å². The number of thiol groups is 1. The SMILES string of the molecule is CC(/C=C(\C=C/N)C1=C2CC(c3ccc(S)cc3)=CC2N(C)C=C1)P(C)C. The van der Waals surface area contributed by atoms with E-state index in [4.69, 9.17) is 5.73 Å². The van der Waals surface area contributed by atoms with Gasteiger partial charge in [0.15, 0.2) is 0 Å². The fourth-order valence-electron chi connectivity index (χ4n) is 3.57. The fraction of sp³-hybridized carbons (Fsp3) is 0.304. The van der Waals surface area contributed by atoms with E-state index in [1.165, 1.54) is 27.9 Å². The van der Waals surface area contributed by atoms with Crippen LogP contribution in [0.4, 0.5) is 0 Å². The molecule has 2 unspecified atom stereocenters. The molecule has 2 atom stereocenters. The molecule has 1 heterocycles. The van der Waals surface area contributed by atoms with Crippen molar-refractivity contribution in [2.24, 2.45) is 5.73 Å². The van der Waals surface area contributed by atoms with E-state index in [1.807, 2.05) is 0 Å². The summed E-state index contributed by atoms with van der Waals surface area (Å²) in [5, 5.41) is 0. The quantitative estimate of drug-likeness (QED) is 0.396. The number of hydrogen-bond acceptors (Lipinski definition) is 3. The van der Waals surface area contributed by atoms with Crippen LogP contribution in [0.3, 0.4) is 0 Å². The van der Waals surface area contributed by atoms with Crippen LogP contribution in [0.15, 0.2) is 82.6 Å². The average molecular weight is 397 g/mol. The highest BCUT2D eigenvalue weighted by Gasteiger charge is 2.29. The van der Waals surface area contributed by atoms with Crippen molar-refractivity contribution in [3.05, 3.63) is 83.3 Å². The Morgan fingerprint density at radius 1 is 1.30 bits per heavy atom. The van der Waals surface area contributed by atoms with E-state index in [9.17, 15) is 0 Å². The Kier molecular flexibility index (Phi) is 6.34. The minimum Gasteiger partial charge on any atom is -0.405 e. The molecular formula is C23H29N2PS. The van der Waals surface area contributed by atoms with Crippen LogP contribution in [0.1, 0.15) is 18.9 Å². The largest absolute Gasteiger partial charge is 0.405 e. The van der Waals surface area contributed by atoms with Crippen molar-refractivity contribution < 1.29 is 0 Å². The summed E-state index contributed by atoms with van der Waals surface area (Å²) < 4.78 is 0. The van der Waals surface area contributed by atoms with Gasteiger partial charge in [-0.1, -0.05) is 31.2 Å². The highest BCUT2D eigenvalue weighted by Crippen LogP contribution is 2.41. The van der Waals surface area contributed by atoms with E-state index in [2.05, 4.69) is 99.6 Å². The van der Waals surface area contributed by atoms with Crippen LogP contribution >= 0.6 is 20.6 Å². The first-order chi connectivity index (χ1) is 12.9. The number of benzene rings is 1. The number of allylic oxidation sites excluding steroid dienone is 6. The first kappa shape index (κ1) is 20.0. The number of nitrogens with two attached hydrogens (primary N) is 1. The van der Waals surface area contributed by atoms with Gasteiger partial charge in [-0.15, -0.1) is 20.6 Å². The van der Waals surface area contributed by atoms with Crippen LogP contribution in [-0.4, -0.2) is 37.0 Å². The van der Waals surface area contributed by atoms with Gasteiger partial charge in [0.1, 0.15) is 0 Å². The second kappa shape index (κ2) is 8.54. The Morgan fingerprint density at radius 2 is 2.00 bits per heavy atom. The van der Waals surface area contributed by atoms with Gasteiger partial charge >= 0.3 is 0 Å².